The van der Waals surface area contributed by atoms with E-state index < -0.39 is 0 Å². The van der Waals surface area contributed by atoms with Crippen LogP contribution < -0.4 is 0 Å². The van der Waals surface area contributed by atoms with Gasteiger partial charge in [0.15, 0.2) is 0 Å². The lowest BCUT2D eigenvalue weighted by Gasteiger charge is -2.25. The van der Waals surface area contributed by atoms with Gasteiger partial charge in [0.1, 0.15) is 0 Å². The molecule has 3 aromatic rings. The van der Waals surface area contributed by atoms with Crippen molar-refractivity contribution in [2.24, 2.45) is 0 Å². The summed E-state index contributed by atoms with van der Waals surface area (Å²) in [6.45, 7) is 4.11. The molecule has 0 fully saturated rings. The van der Waals surface area contributed by atoms with E-state index in [4.69, 9.17) is 0 Å². The number of pyridine rings is 1. The molecule has 2 aromatic heterocycles. The molecule has 0 N–H and O–H groups in total. The fourth-order valence-electron chi connectivity index (χ4n) is 2.66. The lowest BCUT2D eigenvalue weighted by molar-refractivity contribution is 0.247. The summed E-state index contributed by atoms with van der Waals surface area (Å²) in [6.07, 6.45) is 7.49. The van der Waals surface area contributed by atoms with Gasteiger partial charge in [0.2, 0.25) is 0 Å². The third-order valence-corrected chi connectivity index (χ3v) is 4.28. The number of nitrogens with zero attached hydrogens (tertiary/aromatic N) is 4. The molecule has 23 heavy (non-hydrogen) atoms. The summed E-state index contributed by atoms with van der Waals surface area (Å²) in [6, 6.07) is 15.1. The van der Waals surface area contributed by atoms with Gasteiger partial charge in [-0.05, 0) is 54.9 Å². The Morgan fingerprint density at radius 1 is 1.04 bits per heavy atom. The molecular weight excluding hydrogens is 284 g/mol. The fraction of sp³-hybridized carbons (Fsp3) is 0.263. The highest BCUT2D eigenvalue weighted by Crippen LogP contribution is 2.25. The first-order chi connectivity index (χ1) is 11.2. The van der Waals surface area contributed by atoms with Crippen LogP contribution in [-0.4, -0.2) is 33.3 Å². The zero-order valence-electron chi connectivity index (χ0n) is 13.6. The number of rotatable bonds is 6. The zero-order valence-corrected chi connectivity index (χ0v) is 13.6. The standard InChI is InChI=1S/C19H22N4/c1-16(22(2)13-14-23-12-4-9-21-23)18-5-3-6-19(15-18)17-7-10-20-11-8-17/h3-12,15-16H,13-14H2,1-2H3. The highest BCUT2D eigenvalue weighted by Gasteiger charge is 2.12. The number of likely N-dealkylation sites (N-methyl/N-ethyl adjacent to an activating group) is 1. The summed E-state index contributed by atoms with van der Waals surface area (Å²) in [4.78, 5) is 6.44. The van der Waals surface area contributed by atoms with Gasteiger partial charge in [0, 0.05) is 37.4 Å². The molecule has 4 nitrogen and oxygen atoms in total. The highest BCUT2D eigenvalue weighted by molar-refractivity contribution is 5.63. The minimum absolute atomic E-state index is 0.354. The Bertz CT molecular complexity index is 722. The number of benzene rings is 1. The number of aromatic nitrogens is 3. The Morgan fingerprint density at radius 3 is 2.61 bits per heavy atom. The molecule has 2 heterocycles. The van der Waals surface area contributed by atoms with Crippen LogP contribution in [0, 0.1) is 0 Å². The zero-order chi connectivity index (χ0) is 16.1. The molecule has 1 unspecified atom stereocenters. The molecule has 0 aliphatic heterocycles. The Kier molecular flexibility index (Phi) is 4.83. The van der Waals surface area contributed by atoms with Crippen molar-refractivity contribution in [3.05, 3.63) is 72.8 Å². The second-order valence-corrected chi connectivity index (χ2v) is 5.79. The predicted octanol–water partition coefficient (Wildman–Crippen LogP) is 3.64. The molecule has 1 aromatic carbocycles. The Hall–Kier alpha value is -2.46. The maximum absolute atomic E-state index is 4.26. The SMILES string of the molecule is CC(c1cccc(-c2ccncc2)c1)N(C)CCn1cccn1. The monoisotopic (exact) mass is 306 g/mol. The van der Waals surface area contributed by atoms with Crippen molar-refractivity contribution in [3.63, 3.8) is 0 Å². The van der Waals surface area contributed by atoms with Gasteiger partial charge in [-0.15, -0.1) is 0 Å². The van der Waals surface area contributed by atoms with Crippen LogP contribution in [0.25, 0.3) is 11.1 Å². The van der Waals surface area contributed by atoms with E-state index in [1.165, 1.54) is 16.7 Å². The third kappa shape index (κ3) is 3.85. The second kappa shape index (κ2) is 7.20. The third-order valence-electron chi connectivity index (χ3n) is 4.28. The van der Waals surface area contributed by atoms with Crippen LogP contribution in [0.15, 0.2) is 67.3 Å². The maximum Gasteiger partial charge on any atom is 0.0536 e. The molecule has 0 radical (unpaired) electrons. The smallest absolute Gasteiger partial charge is 0.0536 e. The molecule has 0 saturated heterocycles. The van der Waals surface area contributed by atoms with Crippen molar-refractivity contribution in [3.8, 4) is 11.1 Å². The summed E-state index contributed by atoms with van der Waals surface area (Å²) < 4.78 is 1.97. The van der Waals surface area contributed by atoms with E-state index in [2.05, 4.69) is 53.2 Å². The minimum Gasteiger partial charge on any atom is -0.298 e. The molecule has 0 aliphatic carbocycles. The van der Waals surface area contributed by atoms with Crippen molar-refractivity contribution < 1.29 is 0 Å². The summed E-state index contributed by atoms with van der Waals surface area (Å²) in [5, 5.41) is 4.26. The van der Waals surface area contributed by atoms with Crippen molar-refractivity contribution in [2.75, 3.05) is 13.6 Å². The molecule has 0 spiro atoms. The average molecular weight is 306 g/mol. The number of hydrogen-bond donors (Lipinski definition) is 0. The predicted molar refractivity (Wildman–Crippen MR) is 92.9 cm³/mol. The molecule has 0 bridgehead atoms. The lowest BCUT2D eigenvalue weighted by atomic mass is 10.0. The van der Waals surface area contributed by atoms with E-state index in [1.807, 2.05) is 47.7 Å². The van der Waals surface area contributed by atoms with E-state index >= 15 is 0 Å². The van der Waals surface area contributed by atoms with Crippen LogP contribution in [0.1, 0.15) is 18.5 Å². The van der Waals surface area contributed by atoms with Crippen LogP contribution in [0.2, 0.25) is 0 Å². The van der Waals surface area contributed by atoms with E-state index in [1.54, 1.807) is 0 Å². The van der Waals surface area contributed by atoms with E-state index in [9.17, 15) is 0 Å². The molecule has 4 heteroatoms. The summed E-state index contributed by atoms with van der Waals surface area (Å²) in [5.74, 6) is 0. The maximum atomic E-state index is 4.26. The summed E-state index contributed by atoms with van der Waals surface area (Å²) in [5.41, 5.74) is 3.76. The van der Waals surface area contributed by atoms with Crippen LogP contribution in [0.3, 0.4) is 0 Å². The average Bonchev–Trinajstić information content (AvgIpc) is 3.13. The Balaban J connectivity index is 1.70. The normalized spacial score (nSPS) is 12.5. The van der Waals surface area contributed by atoms with Crippen molar-refractivity contribution >= 4 is 0 Å². The lowest BCUT2D eigenvalue weighted by Crippen LogP contribution is -2.26. The molecule has 0 amide bonds. The van der Waals surface area contributed by atoms with Crippen molar-refractivity contribution in [1.82, 2.24) is 19.7 Å². The Labute approximate surface area is 137 Å². The van der Waals surface area contributed by atoms with Gasteiger partial charge >= 0.3 is 0 Å². The first-order valence-corrected chi connectivity index (χ1v) is 7.92. The van der Waals surface area contributed by atoms with E-state index in [0.29, 0.717) is 6.04 Å². The first-order valence-electron chi connectivity index (χ1n) is 7.92. The van der Waals surface area contributed by atoms with Crippen molar-refractivity contribution in [2.45, 2.75) is 19.5 Å². The van der Waals surface area contributed by atoms with Gasteiger partial charge in [0.25, 0.3) is 0 Å². The van der Waals surface area contributed by atoms with Gasteiger partial charge in [-0.3, -0.25) is 14.6 Å². The van der Waals surface area contributed by atoms with E-state index in [-0.39, 0.29) is 0 Å². The molecule has 3 rings (SSSR count). The quantitative estimate of drug-likeness (QED) is 0.697. The molecular formula is C19H22N4. The summed E-state index contributed by atoms with van der Waals surface area (Å²) >= 11 is 0. The molecule has 1 atom stereocenters. The first kappa shape index (κ1) is 15.4. The largest absolute Gasteiger partial charge is 0.298 e. The Morgan fingerprint density at radius 2 is 1.87 bits per heavy atom. The van der Waals surface area contributed by atoms with Gasteiger partial charge in [-0.1, -0.05) is 18.2 Å². The molecule has 118 valence electrons. The van der Waals surface area contributed by atoms with Gasteiger partial charge < -0.3 is 0 Å². The fourth-order valence-corrected chi connectivity index (χ4v) is 2.66. The second-order valence-electron chi connectivity index (χ2n) is 5.79. The van der Waals surface area contributed by atoms with Crippen LogP contribution in [0.4, 0.5) is 0 Å². The van der Waals surface area contributed by atoms with Crippen LogP contribution in [0.5, 0.6) is 0 Å². The van der Waals surface area contributed by atoms with Gasteiger partial charge in [-0.25, -0.2) is 0 Å². The van der Waals surface area contributed by atoms with Gasteiger partial charge in [0.05, 0.1) is 6.54 Å². The highest BCUT2D eigenvalue weighted by atomic mass is 15.3. The topological polar surface area (TPSA) is 34.0 Å². The van der Waals surface area contributed by atoms with Gasteiger partial charge in [-0.2, -0.15) is 5.10 Å². The van der Waals surface area contributed by atoms with E-state index in [0.717, 1.165) is 13.1 Å². The van der Waals surface area contributed by atoms with Crippen LogP contribution >= 0.6 is 0 Å². The van der Waals surface area contributed by atoms with Crippen LogP contribution in [-0.2, 0) is 6.54 Å². The minimum atomic E-state index is 0.354. The van der Waals surface area contributed by atoms with Crippen molar-refractivity contribution in [1.29, 1.82) is 0 Å². The molecule has 0 aliphatic rings. The summed E-state index contributed by atoms with van der Waals surface area (Å²) in [7, 11) is 2.16. The molecule has 0 saturated carbocycles. The number of hydrogen-bond acceptors (Lipinski definition) is 3.